The summed E-state index contributed by atoms with van der Waals surface area (Å²) in [6, 6.07) is 12.5. The maximum absolute atomic E-state index is 4.56. The number of allylic oxidation sites excluding steroid dienone is 8. The highest BCUT2D eigenvalue weighted by atomic mass is 14.9. The van der Waals surface area contributed by atoms with Crippen LogP contribution < -0.4 is 0 Å². The van der Waals surface area contributed by atoms with Gasteiger partial charge in [0.15, 0.2) is 0 Å². The van der Waals surface area contributed by atoms with Crippen molar-refractivity contribution in [2.45, 2.75) is 13.8 Å². The summed E-state index contributed by atoms with van der Waals surface area (Å²) in [5.41, 5.74) is 6.01. The second kappa shape index (κ2) is 7.10. The second-order valence-electron chi connectivity index (χ2n) is 7.48. The molecule has 0 amide bonds. The van der Waals surface area contributed by atoms with Gasteiger partial charge in [-0.2, -0.15) is 0 Å². The molecule has 0 saturated carbocycles. The monoisotopic (exact) mass is 375 g/mol. The number of rotatable bonds is 0. The number of fused-ring (bicyclic) bond motifs is 2. The molecule has 0 spiro atoms. The van der Waals surface area contributed by atoms with Crippen molar-refractivity contribution in [2.24, 2.45) is 10.9 Å². The molecule has 2 aromatic carbocycles. The van der Waals surface area contributed by atoms with E-state index in [1.807, 2.05) is 32.2 Å². The maximum Gasteiger partial charge on any atom is 0.125 e. The Labute approximate surface area is 170 Å². The lowest BCUT2D eigenvalue weighted by atomic mass is 9.80. The molecule has 1 aromatic heterocycles. The number of aliphatic imine (C=N–C) groups is 1. The summed E-state index contributed by atoms with van der Waals surface area (Å²) >= 11 is 0. The summed E-state index contributed by atoms with van der Waals surface area (Å²) in [5.74, 6) is 1.21. The van der Waals surface area contributed by atoms with Crippen LogP contribution in [0.15, 0.2) is 107 Å². The Kier molecular flexibility index (Phi) is 4.28. The van der Waals surface area contributed by atoms with Crippen LogP contribution in [-0.2, 0) is 0 Å². The Morgan fingerprint density at radius 3 is 2.45 bits per heavy atom. The lowest BCUT2D eigenvalue weighted by Crippen LogP contribution is -2.17. The third kappa shape index (κ3) is 3.36. The molecule has 1 atom stereocenters. The van der Waals surface area contributed by atoms with Gasteiger partial charge in [-0.3, -0.25) is 4.99 Å². The van der Waals surface area contributed by atoms with Gasteiger partial charge in [0.1, 0.15) is 5.82 Å². The molecular formula is C26H21N3. The van der Waals surface area contributed by atoms with E-state index in [0.29, 0.717) is 5.92 Å². The second-order valence-corrected chi connectivity index (χ2v) is 7.48. The zero-order valence-electron chi connectivity index (χ0n) is 16.5. The Bertz CT molecular complexity index is 1310. The van der Waals surface area contributed by atoms with Crippen molar-refractivity contribution in [3.05, 3.63) is 108 Å². The standard InChI is InChI=1S/C13H10N2.C13H11N/c1-9-14-8-12-6-10-4-2-3-5-11(10)7-13(12)15-9;1-9-8-11-6-2-4-10-5-3-7-12(14-9)13(10)11/h2-8H,1H3;2-8,13H,1H3. The molecule has 0 radical (unpaired) electrons. The van der Waals surface area contributed by atoms with Crippen molar-refractivity contribution < 1.29 is 0 Å². The molecule has 140 valence electrons. The Balaban J connectivity index is 0.000000125. The van der Waals surface area contributed by atoms with Gasteiger partial charge >= 0.3 is 0 Å². The largest absolute Gasteiger partial charge is 0.257 e. The number of benzene rings is 2. The summed E-state index contributed by atoms with van der Waals surface area (Å²) in [5, 5.41) is 3.56. The van der Waals surface area contributed by atoms with Crippen LogP contribution in [0.2, 0.25) is 0 Å². The fraction of sp³-hybridized carbons (Fsp3) is 0.115. The van der Waals surface area contributed by atoms with E-state index >= 15 is 0 Å². The quantitative estimate of drug-likeness (QED) is 0.449. The molecular weight excluding hydrogens is 354 g/mol. The van der Waals surface area contributed by atoms with Crippen LogP contribution >= 0.6 is 0 Å². The van der Waals surface area contributed by atoms with Crippen molar-refractivity contribution in [1.82, 2.24) is 9.97 Å². The maximum atomic E-state index is 4.56. The molecule has 0 fully saturated rings. The molecule has 1 aliphatic heterocycles. The Morgan fingerprint density at radius 2 is 1.59 bits per heavy atom. The van der Waals surface area contributed by atoms with Gasteiger partial charge in [0, 0.05) is 17.3 Å². The van der Waals surface area contributed by atoms with Gasteiger partial charge in [0.25, 0.3) is 0 Å². The predicted molar refractivity (Wildman–Crippen MR) is 121 cm³/mol. The first-order valence-corrected chi connectivity index (χ1v) is 9.83. The lowest BCUT2D eigenvalue weighted by molar-refractivity contribution is 0.836. The van der Waals surface area contributed by atoms with Crippen LogP contribution in [0.4, 0.5) is 0 Å². The van der Waals surface area contributed by atoms with E-state index in [0.717, 1.165) is 22.4 Å². The number of nitrogens with zero attached hydrogens (tertiary/aromatic N) is 3. The van der Waals surface area contributed by atoms with Crippen molar-refractivity contribution in [2.75, 3.05) is 0 Å². The molecule has 1 unspecified atom stereocenters. The zero-order valence-corrected chi connectivity index (χ0v) is 16.5. The lowest BCUT2D eigenvalue weighted by Gasteiger charge is -2.28. The third-order valence-electron chi connectivity index (χ3n) is 5.34. The van der Waals surface area contributed by atoms with Gasteiger partial charge in [0.2, 0.25) is 0 Å². The minimum Gasteiger partial charge on any atom is -0.257 e. The van der Waals surface area contributed by atoms with E-state index in [1.54, 1.807) is 0 Å². The van der Waals surface area contributed by atoms with Crippen molar-refractivity contribution in [3.63, 3.8) is 0 Å². The highest BCUT2D eigenvalue weighted by Gasteiger charge is 2.26. The van der Waals surface area contributed by atoms with Crippen LogP contribution in [0.25, 0.3) is 21.7 Å². The highest BCUT2D eigenvalue weighted by Crippen LogP contribution is 2.38. The summed E-state index contributed by atoms with van der Waals surface area (Å²) < 4.78 is 0. The molecule has 3 aromatic rings. The number of hydrogen-bond donors (Lipinski definition) is 0. The molecule has 3 nitrogen and oxygen atoms in total. The van der Waals surface area contributed by atoms with Gasteiger partial charge in [-0.1, -0.05) is 54.6 Å². The number of hydrogen-bond acceptors (Lipinski definition) is 3. The summed E-state index contributed by atoms with van der Waals surface area (Å²) in [6.07, 6.45) is 16.9. The molecule has 2 aliphatic carbocycles. The average Bonchev–Trinajstić information content (AvgIpc) is 2.73. The number of dihydropyridines is 1. The summed E-state index contributed by atoms with van der Waals surface area (Å²) in [6.45, 7) is 3.96. The minimum atomic E-state index is 0.397. The fourth-order valence-corrected chi connectivity index (χ4v) is 4.03. The first kappa shape index (κ1) is 17.5. The van der Waals surface area contributed by atoms with Crippen LogP contribution in [0.3, 0.4) is 0 Å². The van der Waals surface area contributed by atoms with Crippen LogP contribution in [-0.4, -0.2) is 15.7 Å². The summed E-state index contributed by atoms with van der Waals surface area (Å²) in [4.78, 5) is 13.2. The van der Waals surface area contributed by atoms with Gasteiger partial charge in [0.05, 0.1) is 17.1 Å². The molecule has 0 saturated heterocycles. The smallest absolute Gasteiger partial charge is 0.125 e. The first-order chi connectivity index (χ1) is 14.2. The zero-order chi connectivity index (χ0) is 19.8. The van der Waals surface area contributed by atoms with Gasteiger partial charge in [-0.15, -0.1) is 0 Å². The highest BCUT2D eigenvalue weighted by molar-refractivity contribution is 5.97. The summed E-state index contributed by atoms with van der Waals surface area (Å²) in [7, 11) is 0. The molecule has 6 rings (SSSR count). The normalized spacial score (nSPS) is 18.9. The number of aryl methyl sites for hydroxylation is 1. The fourth-order valence-electron chi connectivity index (χ4n) is 4.03. The van der Waals surface area contributed by atoms with E-state index in [9.17, 15) is 0 Å². The van der Waals surface area contributed by atoms with Crippen LogP contribution in [0.1, 0.15) is 12.7 Å². The Hall–Kier alpha value is -3.59. The van der Waals surface area contributed by atoms with Crippen molar-refractivity contribution in [1.29, 1.82) is 0 Å². The molecule has 0 N–H and O–H groups in total. The van der Waals surface area contributed by atoms with Gasteiger partial charge in [-0.25, -0.2) is 9.97 Å². The van der Waals surface area contributed by atoms with Crippen molar-refractivity contribution in [3.8, 4) is 0 Å². The van der Waals surface area contributed by atoms with E-state index < -0.39 is 0 Å². The first-order valence-electron chi connectivity index (χ1n) is 9.83. The third-order valence-corrected chi connectivity index (χ3v) is 5.34. The van der Waals surface area contributed by atoms with Gasteiger partial charge < -0.3 is 0 Å². The molecule has 2 heterocycles. The van der Waals surface area contributed by atoms with E-state index in [4.69, 9.17) is 0 Å². The van der Waals surface area contributed by atoms with Crippen molar-refractivity contribution >= 4 is 27.4 Å². The minimum absolute atomic E-state index is 0.397. The van der Waals surface area contributed by atoms with Crippen LogP contribution in [0.5, 0.6) is 0 Å². The molecule has 3 heteroatoms. The Morgan fingerprint density at radius 1 is 0.828 bits per heavy atom. The molecule has 29 heavy (non-hydrogen) atoms. The predicted octanol–water partition coefficient (Wildman–Crippen LogP) is 6.04. The topological polar surface area (TPSA) is 38.1 Å². The molecule has 3 aliphatic rings. The van der Waals surface area contributed by atoms with Gasteiger partial charge in [-0.05, 0) is 60.1 Å². The SMILES string of the molecule is CC1=NC2=CC=CC3=CC=CC(=C1)C32.Cc1ncc2cc3ccccc3cc2n1. The van der Waals surface area contributed by atoms with E-state index in [2.05, 4.69) is 81.8 Å². The molecule has 0 bridgehead atoms. The van der Waals surface area contributed by atoms with E-state index in [1.165, 1.54) is 27.6 Å². The van der Waals surface area contributed by atoms with Crippen LogP contribution in [0, 0.1) is 12.8 Å². The van der Waals surface area contributed by atoms with E-state index in [-0.39, 0.29) is 0 Å². The average molecular weight is 375 g/mol. The number of aromatic nitrogens is 2.